The summed E-state index contributed by atoms with van der Waals surface area (Å²) in [5, 5.41) is 3.81. The molecule has 1 fully saturated rings. The number of benzene rings is 1. The Labute approximate surface area is 138 Å². The predicted octanol–water partition coefficient (Wildman–Crippen LogP) is -0.604. The van der Waals surface area contributed by atoms with Crippen LogP contribution in [-0.2, 0) is 11.3 Å². The summed E-state index contributed by atoms with van der Waals surface area (Å²) in [5.41, 5.74) is 1.29. The average molecular weight is 326 g/mol. The minimum absolute atomic E-state index is 0.182. The van der Waals surface area contributed by atoms with Gasteiger partial charge >= 0.3 is 0 Å². The molecule has 2 rings (SSSR count). The van der Waals surface area contributed by atoms with Crippen molar-refractivity contribution in [3.05, 3.63) is 34.9 Å². The molecule has 0 saturated carbocycles. The van der Waals surface area contributed by atoms with Gasteiger partial charge in [-0.25, -0.2) is 0 Å². The Hall–Kier alpha value is -1.10. The highest BCUT2D eigenvalue weighted by Crippen LogP contribution is 2.09. The summed E-state index contributed by atoms with van der Waals surface area (Å²) in [6.07, 6.45) is 0. The van der Waals surface area contributed by atoms with Crippen LogP contribution in [0.4, 0.5) is 0 Å². The summed E-state index contributed by atoms with van der Waals surface area (Å²) >= 11 is 6.04. The number of carbonyl (C=O) groups excluding carboxylic acids is 1. The lowest BCUT2D eigenvalue weighted by Crippen LogP contribution is -3.28. The summed E-state index contributed by atoms with van der Waals surface area (Å²) in [4.78, 5) is 14.8. The molecular formula is C17H28ClN3O+2. The molecule has 0 aromatic heterocycles. The molecule has 3 N–H and O–H groups in total. The summed E-state index contributed by atoms with van der Waals surface area (Å²) in [6.45, 7) is 11.0. The number of hydrogen-bond donors (Lipinski definition) is 3. The van der Waals surface area contributed by atoms with Gasteiger partial charge in [-0.15, -0.1) is 0 Å². The Morgan fingerprint density at radius 1 is 1.23 bits per heavy atom. The molecule has 0 radical (unpaired) electrons. The van der Waals surface area contributed by atoms with Gasteiger partial charge in [-0.1, -0.05) is 37.6 Å². The van der Waals surface area contributed by atoms with Gasteiger partial charge in [-0.2, -0.15) is 0 Å². The zero-order valence-corrected chi connectivity index (χ0v) is 14.4. The molecule has 1 aliphatic heterocycles. The van der Waals surface area contributed by atoms with Gasteiger partial charge < -0.3 is 15.1 Å². The molecule has 5 heteroatoms. The van der Waals surface area contributed by atoms with Gasteiger partial charge in [0.25, 0.3) is 5.91 Å². The summed E-state index contributed by atoms with van der Waals surface area (Å²) in [6, 6.07) is 8.11. The minimum atomic E-state index is 0.182. The first kappa shape index (κ1) is 17.3. The fourth-order valence-electron chi connectivity index (χ4n) is 2.85. The highest BCUT2D eigenvalue weighted by molar-refractivity contribution is 6.30. The number of hydrogen-bond acceptors (Lipinski definition) is 1. The number of amides is 1. The van der Waals surface area contributed by atoms with E-state index in [0.29, 0.717) is 12.5 Å². The van der Waals surface area contributed by atoms with Crippen LogP contribution < -0.4 is 15.1 Å². The number of rotatable bonds is 6. The van der Waals surface area contributed by atoms with Crippen LogP contribution in [0.25, 0.3) is 0 Å². The second kappa shape index (κ2) is 8.51. The van der Waals surface area contributed by atoms with E-state index >= 15 is 0 Å². The largest absolute Gasteiger partial charge is 0.351 e. The molecular weight excluding hydrogens is 298 g/mol. The molecule has 1 aromatic rings. The lowest BCUT2D eigenvalue weighted by Gasteiger charge is -2.29. The molecule has 0 spiro atoms. The number of halogens is 1. The molecule has 1 aromatic carbocycles. The molecule has 0 aliphatic carbocycles. The molecule has 0 unspecified atom stereocenters. The molecule has 122 valence electrons. The van der Waals surface area contributed by atoms with Crippen molar-refractivity contribution in [2.45, 2.75) is 20.4 Å². The van der Waals surface area contributed by atoms with Crippen molar-refractivity contribution in [2.75, 3.05) is 39.3 Å². The van der Waals surface area contributed by atoms with Crippen molar-refractivity contribution in [3.63, 3.8) is 0 Å². The molecule has 1 heterocycles. The highest BCUT2D eigenvalue weighted by atomic mass is 35.5. The molecule has 0 atom stereocenters. The van der Waals surface area contributed by atoms with Crippen molar-refractivity contribution < 1.29 is 14.6 Å². The first-order valence-electron chi connectivity index (χ1n) is 8.21. The van der Waals surface area contributed by atoms with Crippen molar-refractivity contribution in [3.8, 4) is 0 Å². The van der Waals surface area contributed by atoms with Gasteiger partial charge in [0.2, 0.25) is 0 Å². The molecule has 0 bridgehead atoms. The summed E-state index contributed by atoms with van der Waals surface area (Å²) < 4.78 is 0. The van der Waals surface area contributed by atoms with Crippen LogP contribution in [0.3, 0.4) is 0 Å². The average Bonchev–Trinajstić information content (AvgIpc) is 2.47. The van der Waals surface area contributed by atoms with Gasteiger partial charge in [0, 0.05) is 17.1 Å². The van der Waals surface area contributed by atoms with Crippen LogP contribution >= 0.6 is 11.6 Å². The van der Waals surface area contributed by atoms with Crippen LogP contribution in [0.15, 0.2) is 24.3 Å². The predicted molar refractivity (Wildman–Crippen MR) is 89.3 cm³/mol. The van der Waals surface area contributed by atoms with E-state index in [1.165, 1.54) is 10.5 Å². The Morgan fingerprint density at radius 2 is 1.91 bits per heavy atom. The maximum atomic E-state index is 11.9. The van der Waals surface area contributed by atoms with E-state index < -0.39 is 0 Å². The second-order valence-corrected chi connectivity index (χ2v) is 7.12. The van der Waals surface area contributed by atoms with Crippen LogP contribution in [0.5, 0.6) is 0 Å². The van der Waals surface area contributed by atoms with E-state index in [-0.39, 0.29) is 5.91 Å². The Balaban J connectivity index is 1.70. The Bertz CT molecular complexity index is 485. The summed E-state index contributed by atoms with van der Waals surface area (Å²) in [7, 11) is 0. The maximum absolute atomic E-state index is 11.9. The van der Waals surface area contributed by atoms with Crippen molar-refractivity contribution in [1.29, 1.82) is 0 Å². The molecule has 1 amide bonds. The lowest BCUT2D eigenvalue weighted by molar-refractivity contribution is -1.02. The fraction of sp³-hybridized carbons (Fsp3) is 0.588. The van der Waals surface area contributed by atoms with E-state index in [4.69, 9.17) is 11.6 Å². The lowest BCUT2D eigenvalue weighted by atomic mass is 10.2. The number of carbonyl (C=O) groups is 1. The van der Waals surface area contributed by atoms with Crippen LogP contribution in [0.2, 0.25) is 5.02 Å². The van der Waals surface area contributed by atoms with E-state index in [2.05, 4.69) is 25.2 Å². The molecule has 1 aliphatic rings. The number of nitrogens with one attached hydrogen (secondary N) is 3. The Kier molecular flexibility index (Phi) is 6.68. The van der Waals surface area contributed by atoms with Gasteiger partial charge in [-0.05, 0) is 18.1 Å². The zero-order valence-electron chi connectivity index (χ0n) is 13.6. The number of piperazine rings is 1. The SMILES string of the molecule is CC(C)CNC(=O)C[NH+]1CC[NH+](Cc2cccc(Cl)c2)CC1. The van der Waals surface area contributed by atoms with E-state index in [0.717, 1.165) is 44.3 Å². The molecule has 4 nitrogen and oxygen atoms in total. The zero-order chi connectivity index (χ0) is 15.9. The first-order valence-corrected chi connectivity index (χ1v) is 8.59. The van der Waals surface area contributed by atoms with E-state index in [9.17, 15) is 4.79 Å². The standard InChI is InChI=1S/C17H26ClN3O/c1-14(2)11-19-17(22)13-21-8-6-20(7-9-21)12-15-4-3-5-16(18)10-15/h3-5,10,14H,6-9,11-13H2,1-2H3,(H,19,22)/p+2. The van der Waals surface area contributed by atoms with E-state index in [1.54, 1.807) is 4.90 Å². The summed E-state index contributed by atoms with van der Waals surface area (Å²) in [5.74, 6) is 0.694. The fourth-order valence-corrected chi connectivity index (χ4v) is 3.07. The first-order chi connectivity index (χ1) is 10.5. The van der Waals surface area contributed by atoms with Crippen molar-refractivity contribution in [2.24, 2.45) is 5.92 Å². The third-order valence-corrected chi connectivity index (χ3v) is 4.36. The van der Waals surface area contributed by atoms with Crippen LogP contribution in [0, 0.1) is 5.92 Å². The van der Waals surface area contributed by atoms with Crippen molar-refractivity contribution >= 4 is 17.5 Å². The maximum Gasteiger partial charge on any atom is 0.275 e. The van der Waals surface area contributed by atoms with Crippen LogP contribution in [-0.4, -0.2) is 45.2 Å². The monoisotopic (exact) mass is 325 g/mol. The third-order valence-electron chi connectivity index (χ3n) is 4.13. The second-order valence-electron chi connectivity index (χ2n) is 6.68. The van der Waals surface area contributed by atoms with Gasteiger partial charge in [0.05, 0.1) is 0 Å². The third kappa shape index (κ3) is 5.95. The minimum Gasteiger partial charge on any atom is -0.351 e. The topological polar surface area (TPSA) is 38.0 Å². The van der Waals surface area contributed by atoms with Gasteiger partial charge in [0.1, 0.15) is 32.7 Å². The van der Waals surface area contributed by atoms with Gasteiger partial charge in [-0.3, -0.25) is 4.79 Å². The van der Waals surface area contributed by atoms with Crippen molar-refractivity contribution in [1.82, 2.24) is 5.32 Å². The normalized spacial score (nSPS) is 21.8. The number of quaternary nitrogens is 2. The van der Waals surface area contributed by atoms with E-state index in [1.807, 2.05) is 18.2 Å². The highest BCUT2D eigenvalue weighted by Gasteiger charge is 2.24. The smallest absolute Gasteiger partial charge is 0.275 e. The Morgan fingerprint density at radius 3 is 2.55 bits per heavy atom. The van der Waals surface area contributed by atoms with Gasteiger partial charge in [0.15, 0.2) is 6.54 Å². The molecule has 1 saturated heterocycles. The molecule has 22 heavy (non-hydrogen) atoms. The quantitative estimate of drug-likeness (QED) is 0.642. The van der Waals surface area contributed by atoms with Crippen LogP contribution in [0.1, 0.15) is 19.4 Å².